The molecule has 1 heterocycles. The Morgan fingerprint density at radius 3 is 2.94 bits per heavy atom. The fourth-order valence-corrected chi connectivity index (χ4v) is 1.53. The van der Waals surface area contributed by atoms with Gasteiger partial charge in [0.2, 0.25) is 0 Å². The Bertz CT molecular complexity index is 457. The molecule has 0 aliphatic rings. The molecule has 6 heteroatoms. The van der Waals surface area contributed by atoms with Gasteiger partial charge in [0.1, 0.15) is 5.02 Å². The first-order valence-corrected chi connectivity index (χ1v) is 6.14. The van der Waals surface area contributed by atoms with E-state index in [-0.39, 0.29) is 10.6 Å². The van der Waals surface area contributed by atoms with Crippen molar-refractivity contribution in [2.24, 2.45) is 0 Å². The van der Waals surface area contributed by atoms with E-state index in [1.807, 2.05) is 0 Å². The van der Waals surface area contributed by atoms with Gasteiger partial charge in [-0.1, -0.05) is 43.1 Å². The summed E-state index contributed by atoms with van der Waals surface area (Å²) in [4.78, 5) is 11.8. The molecule has 4 nitrogen and oxygen atoms in total. The molecular weight excluding hydrogens is 261 g/mol. The lowest BCUT2D eigenvalue weighted by Crippen LogP contribution is -2.24. The molecule has 0 unspecified atom stereocenters. The minimum Gasteiger partial charge on any atom is -0.377 e. The number of nitrogens with one attached hydrogen (secondary N) is 1. The molecule has 0 saturated carbocycles. The highest BCUT2D eigenvalue weighted by Gasteiger charge is 2.08. The highest BCUT2D eigenvalue weighted by molar-refractivity contribution is 6.33. The number of anilines is 1. The molecule has 0 radical (unpaired) electrons. The third-order valence-corrected chi connectivity index (χ3v) is 2.68. The molecule has 1 rings (SSSR count). The van der Waals surface area contributed by atoms with Crippen LogP contribution in [0.5, 0.6) is 0 Å². The first-order chi connectivity index (χ1) is 8.06. The van der Waals surface area contributed by atoms with Gasteiger partial charge in [-0.05, 0) is 6.42 Å². The smallest absolute Gasteiger partial charge is 0.287 e. The topological polar surface area (TPSA) is 46.9 Å². The Morgan fingerprint density at radius 2 is 2.35 bits per heavy atom. The lowest BCUT2D eigenvalue weighted by atomic mass is 10.3. The average molecular weight is 276 g/mol. The number of unbranched alkanes of at least 4 members (excludes halogenated alkanes) is 1. The highest BCUT2D eigenvalue weighted by Crippen LogP contribution is 2.15. The second-order valence-corrected chi connectivity index (χ2v) is 4.54. The normalized spacial score (nSPS) is 10.3. The van der Waals surface area contributed by atoms with Crippen molar-refractivity contribution >= 4 is 28.9 Å². The molecule has 0 bridgehead atoms. The maximum absolute atomic E-state index is 11.8. The Balaban J connectivity index is 2.86. The van der Waals surface area contributed by atoms with Crippen molar-refractivity contribution in [3.63, 3.8) is 0 Å². The van der Waals surface area contributed by atoms with Crippen LogP contribution in [0.2, 0.25) is 5.02 Å². The fourth-order valence-electron chi connectivity index (χ4n) is 1.25. The van der Waals surface area contributed by atoms with Gasteiger partial charge in [0, 0.05) is 11.6 Å². The van der Waals surface area contributed by atoms with Crippen LogP contribution in [-0.4, -0.2) is 16.3 Å². The number of aromatic nitrogens is 2. The van der Waals surface area contributed by atoms with Crippen LogP contribution in [0.3, 0.4) is 0 Å². The van der Waals surface area contributed by atoms with E-state index in [1.165, 1.54) is 10.9 Å². The first kappa shape index (κ1) is 14.1. The summed E-state index contributed by atoms with van der Waals surface area (Å²) in [5.74, 6) is 0. The van der Waals surface area contributed by atoms with Crippen LogP contribution in [-0.2, 0) is 6.54 Å². The van der Waals surface area contributed by atoms with Crippen molar-refractivity contribution < 1.29 is 0 Å². The van der Waals surface area contributed by atoms with E-state index in [2.05, 4.69) is 23.9 Å². The van der Waals surface area contributed by atoms with E-state index in [4.69, 9.17) is 23.2 Å². The molecule has 0 atom stereocenters. The van der Waals surface area contributed by atoms with Crippen molar-refractivity contribution in [3.05, 3.63) is 33.2 Å². The molecular formula is C11H15Cl2N3O. The van der Waals surface area contributed by atoms with E-state index >= 15 is 0 Å². The summed E-state index contributed by atoms with van der Waals surface area (Å²) < 4.78 is 1.37. The standard InChI is InChI=1S/C11H15Cl2N3O/c1-3-4-5-16-11(17)10(13)9(7-15-16)14-6-8(2)12/h7,14H,2-6H2,1H3. The van der Waals surface area contributed by atoms with Gasteiger partial charge in [-0.2, -0.15) is 5.10 Å². The Hall–Kier alpha value is -1.00. The van der Waals surface area contributed by atoms with Crippen LogP contribution in [0.25, 0.3) is 0 Å². The van der Waals surface area contributed by atoms with Crippen LogP contribution >= 0.6 is 23.2 Å². The monoisotopic (exact) mass is 275 g/mol. The third kappa shape index (κ3) is 4.06. The van der Waals surface area contributed by atoms with Crippen molar-refractivity contribution in [3.8, 4) is 0 Å². The van der Waals surface area contributed by atoms with E-state index in [9.17, 15) is 4.79 Å². The SMILES string of the molecule is C=C(Cl)CNc1cnn(CCCC)c(=O)c1Cl. The lowest BCUT2D eigenvalue weighted by molar-refractivity contribution is 0.543. The third-order valence-electron chi connectivity index (χ3n) is 2.18. The van der Waals surface area contributed by atoms with Gasteiger partial charge in [-0.15, -0.1) is 0 Å². The predicted octanol–water partition coefficient (Wildman–Crippen LogP) is 2.86. The van der Waals surface area contributed by atoms with E-state index < -0.39 is 0 Å². The summed E-state index contributed by atoms with van der Waals surface area (Å²) in [6, 6.07) is 0. The molecule has 0 saturated heterocycles. The fraction of sp³-hybridized carbons (Fsp3) is 0.455. The van der Waals surface area contributed by atoms with Gasteiger partial charge in [0.25, 0.3) is 5.56 Å². The van der Waals surface area contributed by atoms with Gasteiger partial charge in [0.15, 0.2) is 0 Å². The Kier molecular flexibility index (Phi) is 5.51. The quantitative estimate of drug-likeness (QED) is 0.869. The van der Waals surface area contributed by atoms with Gasteiger partial charge in [-0.25, -0.2) is 4.68 Å². The molecule has 0 aromatic carbocycles. The second kappa shape index (κ2) is 6.67. The van der Waals surface area contributed by atoms with Crippen LogP contribution in [0.1, 0.15) is 19.8 Å². The summed E-state index contributed by atoms with van der Waals surface area (Å²) in [6.45, 7) is 6.52. The Morgan fingerprint density at radius 1 is 1.65 bits per heavy atom. The van der Waals surface area contributed by atoms with Gasteiger partial charge >= 0.3 is 0 Å². The molecule has 0 aliphatic heterocycles. The molecule has 0 aliphatic carbocycles. The zero-order valence-corrected chi connectivity index (χ0v) is 11.2. The zero-order valence-electron chi connectivity index (χ0n) is 9.67. The largest absolute Gasteiger partial charge is 0.377 e. The number of hydrogen-bond donors (Lipinski definition) is 1. The van der Waals surface area contributed by atoms with Crippen molar-refractivity contribution in [1.82, 2.24) is 9.78 Å². The van der Waals surface area contributed by atoms with E-state index in [0.717, 1.165) is 12.8 Å². The second-order valence-electron chi connectivity index (χ2n) is 3.62. The van der Waals surface area contributed by atoms with Crippen LogP contribution in [0.15, 0.2) is 22.6 Å². The van der Waals surface area contributed by atoms with Gasteiger partial charge in [0.05, 0.1) is 18.4 Å². The lowest BCUT2D eigenvalue weighted by Gasteiger charge is -2.09. The summed E-state index contributed by atoms with van der Waals surface area (Å²) in [7, 11) is 0. The van der Waals surface area contributed by atoms with E-state index in [0.29, 0.717) is 23.8 Å². The number of rotatable bonds is 6. The van der Waals surface area contributed by atoms with E-state index in [1.54, 1.807) is 0 Å². The van der Waals surface area contributed by atoms with Gasteiger partial charge in [-0.3, -0.25) is 4.79 Å². The van der Waals surface area contributed by atoms with Crippen LogP contribution < -0.4 is 10.9 Å². The average Bonchev–Trinajstić information content (AvgIpc) is 2.29. The summed E-state index contributed by atoms with van der Waals surface area (Å²) in [5.41, 5.74) is 0.191. The first-order valence-electron chi connectivity index (χ1n) is 5.39. The van der Waals surface area contributed by atoms with Crippen molar-refractivity contribution in [2.45, 2.75) is 26.3 Å². The minimum absolute atomic E-state index is 0.133. The summed E-state index contributed by atoms with van der Waals surface area (Å²) >= 11 is 11.6. The molecule has 17 heavy (non-hydrogen) atoms. The summed E-state index contributed by atoms with van der Waals surface area (Å²) in [6.07, 6.45) is 3.42. The van der Waals surface area contributed by atoms with Crippen LogP contribution in [0, 0.1) is 0 Å². The maximum Gasteiger partial charge on any atom is 0.287 e. The van der Waals surface area contributed by atoms with Crippen LogP contribution in [0.4, 0.5) is 5.69 Å². The zero-order chi connectivity index (χ0) is 12.8. The maximum atomic E-state index is 11.8. The van der Waals surface area contributed by atoms with Crippen molar-refractivity contribution in [2.75, 3.05) is 11.9 Å². The summed E-state index contributed by atoms with van der Waals surface area (Å²) in [5, 5.41) is 7.51. The molecule has 0 amide bonds. The number of aryl methyl sites for hydroxylation is 1. The predicted molar refractivity (Wildman–Crippen MR) is 71.9 cm³/mol. The molecule has 1 aromatic heterocycles. The number of hydrogen-bond acceptors (Lipinski definition) is 3. The molecule has 1 N–H and O–H groups in total. The Labute approximate surface area is 110 Å². The highest BCUT2D eigenvalue weighted by atomic mass is 35.5. The molecule has 0 spiro atoms. The molecule has 0 fully saturated rings. The number of halogens is 2. The molecule has 94 valence electrons. The van der Waals surface area contributed by atoms with Gasteiger partial charge < -0.3 is 5.32 Å². The minimum atomic E-state index is -0.287. The number of nitrogens with zero attached hydrogens (tertiary/aromatic N) is 2. The van der Waals surface area contributed by atoms with Crippen molar-refractivity contribution in [1.29, 1.82) is 0 Å². The molecule has 1 aromatic rings.